The van der Waals surface area contributed by atoms with Gasteiger partial charge in [-0.1, -0.05) is 6.92 Å². The van der Waals surface area contributed by atoms with Crippen LogP contribution in [0.5, 0.6) is 0 Å². The molecule has 0 unspecified atom stereocenters. The van der Waals surface area contributed by atoms with Crippen molar-refractivity contribution in [3.05, 3.63) is 35.2 Å². The molecule has 0 radical (unpaired) electrons. The number of rotatable bonds is 3. The molecule has 0 fully saturated rings. The van der Waals surface area contributed by atoms with E-state index in [0.29, 0.717) is 6.54 Å². The SMILES string of the molecule is C[C@@H](Cn1cc(Br)cn1)c1nc2c3cnn(C)c3ncn2n1. The minimum atomic E-state index is 0.137. The number of hydrogen-bond acceptors (Lipinski definition) is 5. The minimum Gasteiger partial charge on any atom is -0.271 e. The summed E-state index contributed by atoms with van der Waals surface area (Å²) in [5, 5.41) is 13.9. The summed E-state index contributed by atoms with van der Waals surface area (Å²) in [5.41, 5.74) is 1.58. The number of aromatic nitrogens is 8. The smallest absolute Gasteiger partial charge is 0.170 e. The zero-order valence-corrected chi connectivity index (χ0v) is 13.6. The third-order valence-electron chi connectivity index (χ3n) is 3.59. The van der Waals surface area contributed by atoms with Crippen LogP contribution in [0.1, 0.15) is 18.7 Å². The fourth-order valence-corrected chi connectivity index (χ4v) is 2.79. The summed E-state index contributed by atoms with van der Waals surface area (Å²) in [6.45, 7) is 2.80. The van der Waals surface area contributed by atoms with E-state index in [2.05, 4.69) is 48.1 Å². The van der Waals surface area contributed by atoms with Gasteiger partial charge < -0.3 is 0 Å². The quantitative estimate of drug-likeness (QED) is 0.556. The van der Waals surface area contributed by atoms with Crippen molar-refractivity contribution < 1.29 is 0 Å². The van der Waals surface area contributed by atoms with Gasteiger partial charge in [0.1, 0.15) is 6.33 Å². The van der Waals surface area contributed by atoms with Gasteiger partial charge in [-0.15, -0.1) is 5.10 Å². The fourth-order valence-electron chi connectivity index (χ4n) is 2.46. The molecule has 4 aromatic heterocycles. The lowest BCUT2D eigenvalue weighted by atomic mass is 10.2. The molecule has 0 spiro atoms. The van der Waals surface area contributed by atoms with Gasteiger partial charge in [-0.25, -0.2) is 14.5 Å². The molecule has 22 heavy (non-hydrogen) atoms. The monoisotopic (exact) mass is 360 g/mol. The van der Waals surface area contributed by atoms with Gasteiger partial charge in [-0.05, 0) is 15.9 Å². The first-order valence-electron chi connectivity index (χ1n) is 6.83. The topological polar surface area (TPSA) is 78.7 Å². The van der Waals surface area contributed by atoms with Crippen molar-refractivity contribution in [2.45, 2.75) is 19.4 Å². The van der Waals surface area contributed by atoms with Gasteiger partial charge in [0.2, 0.25) is 0 Å². The van der Waals surface area contributed by atoms with Crippen molar-refractivity contribution in [2.24, 2.45) is 7.05 Å². The molecule has 0 bridgehead atoms. The summed E-state index contributed by atoms with van der Waals surface area (Å²) < 4.78 is 6.27. The molecule has 8 nitrogen and oxygen atoms in total. The Morgan fingerprint density at radius 2 is 2.09 bits per heavy atom. The molecule has 0 aliphatic heterocycles. The summed E-state index contributed by atoms with van der Waals surface area (Å²) in [7, 11) is 1.86. The highest BCUT2D eigenvalue weighted by Gasteiger charge is 2.16. The van der Waals surface area contributed by atoms with Gasteiger partial charge in [0, 0.05) is 19.2 Å². The van der Waals surface area contributed by atoms with Crippen LogP contribution < -0.4 is 0 Å². The Balaban J connectivity index is 1.74. The number of nitrogens with zero attached hydrogens (tertiary/aromatic N) is 8. The Labute approximate surface area is 133 Å². The number of hydrogen-bond donors (Lipinski definition) is 0. The fraction of sp³-hybridized carbons (Fsp3) is 0.308. The molecule has 0 aliphatic rings. The Kier molecular flexibility index (Phi) is 2.96. The van der Waals surface area contributed by atoms with Crippen molar-refractivity contribution in [2.75, 3.05) is 0 Å². The Morgan fingerprint density at radius 3 is 2.86 bits per heavy atom. The maximum atomic E-state index is 4.66. The number of halogens is 1. The van der Waals surface area contributed by atoms with E-state index in [1.165, 1.54) is 0 Å². The van der Waals surface area contributed by atoms with E-state index in [9.17, 15) is 0 Å². The standard InChI is InChI=1S/C13H13BrN8/c1-8(5-21-6-9(14)3-17-21)11-18-13-10-4-16-20(2)12(10)15-7-22(13)19-11/h3-4,6-8H,5H2,1-2H3/t8-/m0/s1. The van der Waals surface area contributed by atoms with Crippen LogP contribution in [0.25, 0.3) is 16.7 Å². The molecular formula is C13H13BrN8. The lowest BCUT2D eigenvalue weighted by molar-refractivity contribution is 0.524. The van der Waals surface area contributed by atoms with Crippen LogP contribution in [0.2, 0.25) is 0 Å². The molecule has 0 N–H and O–H groups in total. The van der Waals surface area contributed by atoms with E-state index in [0.717, 1.165) is 27.0 Å². The van der Waals surface area contributed by atoms with Crippen LogP contribution in [0.3, 0.4) is 0 Å². The van der Waals surface area contributed by atoms with Gasteiger partial charge >= 0.3 is 0 Å². The van der Waals surface area contributed by atoms with Crippen LogP contribution in [-0.4, -0.2) is 39.1 Å². The molecule has 4 heterocycles. The summed E-state index contributed by atoms with van der Waals surface area (Å²) in [6.07, 6.45) is 7.15. The van der Waals surface area contributed by atoms with Gasteiger partial charge in [-0.3, -0.25) is 9.36 Å². The summed E-state index contributed by atoms with van der Waals surface area (Å²) in [4.78, 5) is 9.03. The molecular weight excluding hydrogens is 348 g/mol. The van der Waals surface area contributed by atoms with Crippen LogP contribution in [0, 0.1) is 0 Å². The van der Waals surface area contributed by atoms with Crippen LogP contribution >= 0.6 is 15.9 Å². The first-order valence-corrected chi connectivity index (χ1v) is 7.62. The van der Waals surface area contributed by atoms with Gasteiger partial charge in [0.25, 0.3) is 0 Å². The van der Waals surface area contributed by atoms with E-state index in [1.807, 2.05) is 17.9 Å². The zero-order valence-electron chi connectivity index (χ0n) is 12.0. The largest absolute Gasteiger partial charge is 0.271 e. The highest BCUT2D eigenvalue weighted by Crippen LogP contribution is 2.19. The lowest BCUT2D eigenvalue weighted by Gasteiger charge is -2.06. The minimum absolute atomic E-state index is 0.137. The van der Waals surface area contributed by atoms with E-state index in [1.54, 1.807) is 27.9 Å². The molecule has 1 atom stereocenters. The molecule has 0 aliphatic carbocycles. The molecule has 0 amide bonds. The molecule has 4 aromatic rings. The average molecular weight is 361 g/mol. The molecule has 9 heteroatoms. The van der Waals surface area contributed by atoms with Crippen LogP contribution in [0.15, 0.2) is 29.4 Å². The summed E-state index contributed by atoms with van der Waals surface area (Å²) in [5.74, 6) is 0.906. The first-order chi connectivity index (χ1) is 10.6. The number of aryl methyl sites for hydroxylation is 1. The number of fused-ring (bicyclic) bond motifs is 3. The normalized spacial score (nSPS) is 13.2. The highest BCUT2D eigenvalue weighted by molar-refractivity contribution is 9.10. The van der Waals surface area contributed by atoms with Crippen molar-refractivity contribution in [1.82, 2.24) is 39.1 Å². The van der Waals surface area contributed by atoms with Crippen molar-refractivity contribution in [3.8, 4) is 0 Å². The van der Waals surface area contributed by atoms with E-state index < -0.39 is 0 Å². The first kappa shape index (κ1) is 13.4. The van der Waals surface area contributed by atoms with E-state index >= 15 is 0 Å². The molecule has 0 saturated carbocycles. The van der Waals surface area contributed by atoms with Crippen molar-refractivity contribution in [3.63, 3.8) is 0 Å². The second kappa shape index (κ2) is 4.87. The Morgan fingerprint density at radius 1 is 1.23 bits per heavy atom. The second-order valence-corrected chi connectivity index (χ2v) is 6.19. The molecule has 0 aromatic carbocycles. The third-order valence-corrected chi connectivity index (χ3v) is 4.00. The molecule has 112 valence electrons. The van der Waals surface area contributed by atoms with Gasteiger partial charge in [-0.2, -0.15) is 10.2 Å². The van der Waals surface area contributed by atoms with E-state index in [-0.39, 0.29) is 5.92 Å². The predicted molar refractivity (Wildman–Crippen MR) is 83.4 cm³/mol. The average Bonchev–Trinajstić information content (AvgIpc) is 3.17. The summed E-state index contributed by atoms with van der Waals surface area (Å²) >= 11 is 3.40. The maximum absolute atomic E-state index is 4.66. The molecule has 0 saturated heterocycles. The third kappa shape index (κ3) is 2.08. The van der Waals surface area contributed by atoms with Crippen LogP contribution in [-0.2, 0) is 13.6 Å². The maximum Gasteiger partial charge on any atom is 0.170 e. The Bertz CT molecular complexity index is 965. The Hall–Kier alpha value is -2.29. The molecule has 4 rings (SSSR count). The second-order valence-electron chi connectivity index (χ2n) is 5.27. The van der Waals surface area contributed by atoms with Crippen LogP contribution in [0.4, 0.5) is 0 Å². The predicted octanol–water partition coefficient (Wildman–Crippen LogP) is 1.77. The van der Waals surface area contributed by atoms with Gasteiger partial charge in [0.15, 0.2) is 17.1 Å². The van der Waals surface area contributed by atoms with Gasteiger partial charge in [0.05, 0.1) is 28.8 Å². The summed E-state index contributed by atoms with van der Waals surface area (Å²) in [6, 6.07) is 0. The zero-order chi connectivity index (χ0) is 15.3. The lowest BCUT2D eigenvalue weighted by Crippen LogP contribution is -2.08. The highest BCUT2D eigenvalue weighted by atomic mass is 79.9. The van der Waals surface area contributed by atoms with Crippen molar-refractivity contribution >= 4 is 32.6 Å². The van der Waals surface area contributed by atoms with Crippen molar-refractivity contribution in [1.29, 1.82) is 0 Å². The van der Waals surface area contributed by atoms with E-state index in [4.69, 9.17) is 0 Å².